The third-order valence-corrected chi connectivity index (χ3v) is 3.30. The van der Waals surface area contributed by atoms with Gasteiger partial charge in [-0.25, -0.2) is 0 Å². The summed E-state index contributed by atoms with van der Waals surface area (Å²) in [5, 5.41) is 6.99. The number of carbonyl (C=O) groups is 1. The summed E-state index contributed by atoms with van der Waals surface area (Å²) in [7, 11) is 1.66. The molecule has 5 heteroatoms. The van der Waals surface area contributed by atoms with E-state index in [0.717, 1.165) is 5.75 Å². The van der Waals surface area contributed by atoms with Crippen LogP contribution in [-0.2, 0) is 16.0 Å². The van der Waals surface area contributed by atoms with Crippen LogP contribution in [0.15, 0.2) is 36.5 Å². The lowest BCUT2D eigenvalue weighted by Crippen LogP contribution is -1.86. The fourth-order valence-electron chi connectivity index (χ4n) is 2.09. The van der Waals surface area contributed by atoms with Gasteiger partial charge in [0.25, 0.3) is 6.47 Å². The molecule has 1 aromatic heterocycles. The summed E-state index contributed by atoms with van der Waals surface area (Å²) in [6.45, 7) is 12.9. The minimum atomic E-state index is 0.431. The van der Waals surface area contributed by atoms with Crippen molar-refractivity contribution < 1.29 is 14.3 Å². The normalized spacial score (nSPS) is 12.8. The number of hydrogen-bond acceptors (Lipinski definition) is 4. The molecule has 5 nitrogen and oxygen atoms in total. The van der Waals surface area contributed by atoms with Crippen LogP contribution in [-0.4, -0.2) is 30.4 Å². The van der Waals surface area contributed by atoms with E-state index in [1.165, 1.54) is 24.1 Å². The lowest BCUT2D eigenvalue weighted by Gasteiger charge is -1.96. The number of ether oxygens (including phenoxy) is 2. The van der Waals surface area contributed by atoms with Gasteiger partial charge in [0.15, 0.2) is 0 Å². The Morgan fingerprint density at radius 1 is 1.19 bits per heavy atom. The molecular formula is C21H36N2O3. The largest absolute Gasteiger partial charge is 0.497 e. The number of H-pyrrole nitrogens is 1. The van der Waals surface area contributed by atoms with Crippen molar-refractivity contribution in [3.05, 3.63) is 47.8 Å². The number of para-hydroxylation sites is 1. The van der Waals surface area contributed by atoms with Crippen LogP contribution in [0.5, 0.6) is 5.75 Å². The van der Waals surface area contributed by atoms with Crippen molar-refractivity contribution in [2.75, 3.05) is 13.7 Å². The first-order chi connectivity index (χ1) is 12.7. The van der Waals surface area contributed by atoms with Gasteiger partial charge in [0.05, 0.1) is 19.9 Å². The van der Waals surface area contributed by atoms with Crippen LogP contribution in [0.1, 0.15) is 65.1 Å². The lowest BCUT2D eigenvalue weighted by molar-refractivity contribution is -0.128. The molecular weight excluding hydrogens is 328 g/mol. The second kappa shape index (κ2) is 19.0. The van der Waals surface area contributed by atoms with Gasteiger partial charge in [0.2, 0.25) is 0 Å². The summed E-state index contributed by atoms with van der Waals surface area (Å²) >= 11 is 0. The highest BCUT2D eigenvalue weighted by atomic mass is 16.5. The van der Waals surface area contributed by atoms with Crippen LogP contribution in [0.4, 0.5) is 0 Å². The van der Waals surface area contributed by atoms with Crippen molar-refractivity contribution in [2.24, 2.45) is 0 Å². The van der Waals surface area contributed by atoms with Crippen molar-refractivity contribution in [1.82, 2.24) is 10.2 Å². The fraction of sp³-hybridized carbons (Fsp3) is 0.524. The van der Waals surface area contributed by atoms with Gasteiger partial charge in [-0.05, 0) is 43.4 Å². The molecule has 26 heavy (non-hydrogen) atoms. The number of nitrogens with zero attached hydrogens (tertiary/aromatic N) is 1. The molecule has 0 fully saturated rings. The molecule has 1 atom stereocenters. The molecule has 0 unspecified atom stereocenters. The van der Waals surface area contributed by atoms with Crippen molar-refractivity contribution >= 4 is 6.47 Å². The van der Waals surface area contributed by atoms with Crippen molar-refractivity contribution in [3.8, 4) is 5.75 Å². The molecule has 0 saturated heterocycles. The summed E-state index contributed by atoms with van der Waals surface area (Å²) in [6.07, 6.45) is 4.45. The van der Waals surface area contributed by atoms with Crippen LogP contribution in [0.3, 0.4) is 0 Å². The quantitative estimate of drug-likeness (QED) is 0.742. The van der Waals surface area contributed by atoms with E-state index in [-0.39, 0.29) is 0 Å². The van der Waals surface area contributed by atoms with Gasteiger partial charge in [-0.2, -0.15) is 5.10 Å². The number of nitrogens with one attached hydrogen (secondary N) is 1. The van der Waals surface area contributed by atoms with Gasteiger partial charge in [0.1, 0.15) is 5.75 Å². The third-order valence-electron chi connectivity index (χ3n) is 3.30. The number of fused-ring (bicyclic) bond motifs is 1. The number of aromatic amines is 1. The van der Waals surface area contributed by atoms with E-state index in [9.17, 15) is 4.79 Å². The Bertz CT molecular complexity index is 527. The number of carbonyl (C=O) groups excluding carboxylic acids is 1. The van der Waals surface area contributed by atoms with E-state index in [0.29, 0.717) is 19.0 Å². The van der Waals surface area contributed by atoms with Crippen LogP contribution in [0.25, 0.3) is 0 Å². The van der Waals surface area contributed by atoms with Crippen LogP contribution >= 0.6 is 0 Å². The summed E-state index contributed by atoms with van der Waals surface area (Å²) < 4.78 is 9.07. The molecule has 0 saturated carbocycles. The van der Waals surface area contributed by atoms with Crippen LogP contribution in [0, 0.1) is 0 Å². The highest BCUT2D eigenvalue weighted by Gasteiger charge is 2.19. The SMILES string of the molecule is CC.CC.CCOC=O.COc1ccccc1.C[C@@H]1CCc2cn[nH]c21. The minimum Gasteiger partial charge on any atom is -0.497 e. The molecule has 1 N–H and O–H groups in total. The molecule has 148 valence electrons. The van der Waals surface area contributed by atoms with Gasteiger partial charge in [-0.15, -0.1) is 0 Å². The summed E-state index contributed by atoms with van der Waals surface area (Å²) in [5.41, 5.74) is 2.78. The van der Waals surface area contributed by atoms with Gasteiger partial charge < -0.3 is 9.47 Å². The lowest BCUT2D eigenvalue weighted by atomic mass is 10.1. The zero-order valence-electron chi connectivity index (χ0n) is 17.4. The molecule has 1 heterocycles. The maximum Gasteiger partial charge on any atom is 0.293 e. The first kappa shape index (κ1) is 25.9. The maximum atomic E-state index is 9.18. The van der Waals surface area contributed by atoms with E-state index in [1.54, 1.807) is 14.0 Å². The fourth-order valence-corrected chi connectivity index (χ4v) is 2.09. The van der Waals surface area contributed by atoms with Gasteiger partial charge in [0, 0.05) is 5.69 Å². The molecule has 1 aromatic carbocycles. The molecule has 3 rings (SSSR count). The average Bonchev–Trinajstić information content (AvgIpc) is 3.33. The minimum absolute atomic E-state index is 0.431. The molecule has 0 aliphatic heterocycles. The van der Waals surface area contributed by atoms with Crippen LogP contribution in [0.2, 0.25) is 0 Å². The van der Waals surface area contributed by atoms with Crippen molar-refractivity contribution in [2.45, 2.75) is 60.3 Å². The monoisotopic (exact) mass is 364 g/mol. The van der Waals surface area contributed by atoms with Crippen molar-refractivity contribution in [3.63, 3.8) is 0 Å². The molecule has 0 amide bonds. The molecule has 1 aliphatic carbocycles. The second-order valence-corrected chi connectivity index (χ2v) is 4.82. The van der Waals surface area contributed by atoms with E-state index in [2.05, 4.69) is 21.9 Å². The Balaban J connectivity index is 0. The highest BCUT2D eigenvalue weighted by molar-refractivity contribution is 5.36. The molecule has 0 bridgehead atoms. The summed E-state index contributed by atoms with van der Waals surface area (Å²) in [6, 6.07) is 9.68. The zero-order valence-corrected chi connectivity index (χ0v) is 17.4. The number of aryl methyl sites for hydroxylation is 1. The number of benzene rings is 1. The van der Waals surface area contributed by atoms with Crippen LogP contribution < -0.4 is 4.74 Å². The smallest absolute Gasteiger partial charge is 0.293 e. The Morgan fingerprint density at radius 3 is 2.19 bits per heavy atom. The van der Waals surface area contributed by atoms with E-state index < -0.39 is 0 Å². The standard InChI is InChI=1S/C7H10N2.C7H8O.C3H6O2.2C2H6/c1-5-2-3-6-4-8-9-7(5)6;1-8-7-5-3-2-4-6-7;1-2-5-3-4;2*1-2/h4-5H,2-3H2,1H3,(H,8,9);2-6H,1H3;3H,2H2,1H3;2*1-2H3/t5-;;;;/m1..../s1. The Hall–Kier alpha value is -2.30. The first-order valence-electron chi connectivity index (χ1n) is 9.39. The first-order valence-corrected chi connectivity index (χ1v) is 9.39. The van der Waals surface area contributed by atoms with Gasteiger partial charge in [-0.3, -0.25) is 9.89 Å². The summed E-state index contributed by atoms with van der Waals surface area (Å²) in [4.78, 5) is 9.18. The average molecular weight is 365 g/mol. The molecule has 0 radical (unpaired) electrons. The Kier molecular flexibility index (Phi) is 19.0. The third kappa shape index (κ3) is 11.3. The Morgan fingerprint density at radius 2 is 1.81 bits per heavy atom. The second-order valence-electron chi connectivity index (χ2n) is 4.82. The van der Waals surface area contributed by atoms with E-state index in [1.807, 2.05) is 64.2 Å². The number of methoxy groups -OCH3 is 1. The zero-order chi connectivity index (χ0) is 20.2. The molecule has 0 spiro atoms. The van der Waals surface area contributed by atoms with Crippen molar-refractivity contribution in [1.29, 1.82) is 0 Å². The van der Waals surface area contributed by atoms with Gasteiger partial charge in [-0.1, -0.05) is 52.8 Å². The predicted octanol–water partition coefficient (Wildman–Crippen LogP) is 5.39. The number of hydrogen-bond donors (Lipinski definition) is 1. The van der Waals surface area contributed by atoms with E-state index in [4.69, 9.17) is 4.74 Å². The topological polar surface area (TPSA) is 64.2 Å². The number of rotatable bonds is 3. The predicted molar refractivity (Wildman–Crippen MR) is 109 cm³/mol. The molecule has 1 aliphatic rings. The highest BCUT2D eigenvalue weighted by Crippen LogP contribution is 2.29. The Labute approximate surface area is 159 Å². The van der Waals surface area contributed by atoms with E-state index >= 15 is 0 Å². The maximum absolute atomic E-state index is 9.18. The summed E-state index contributed by atoms with van der Waals surface area (Å²) in [5.74, 6) is 1.62. The molecule has 2 aromatic rings. The van der Waals surface area contributed by atoms with Gasteiger partial charge >= 0.3 is 0 Å². The number of aromatic nitrogens is 2.